The Morgan fingerprint density at radius 1 is 1.11 bits per heavy atom. The number of carbonyl (C=O) groups is 2. The Labute approximate surface area is 214 Å². The number of amides is 2. The second-order valence-corrected chi connectivity index (χ2v) is 12.8. The topological polar surface area (TPSA) is 93.5 Å². The van der Waals surface area contributed by atoms with Crippen LogP contribution in [0.25, 0.3) is 0 Å². The third kappa shape index (κ3) is 6.55. The fraction of sp³-hybridized carbons (Fsp3) is 0.815. The van der Waals surface area contributed by atoms with Crippen molar-refractivity contribution in [3.63, 3.8) is 0 Å². The zero-order valence-electron chi connectivity index (χ0n) is 21.9. The maximum absolute atomic E-state index is 13.4. The summed E-state index contributed by atoms with van der Waals surface area (Å²) in [6.45, 7) is 5.94. The molecule has 0 spiro atoms. The molecule has 7 nitrogen and oxygen atoms in total. The molecule has 1 heterocycles. The molecule has 0 saturated heterocycles. The summed E-state index contributed by atoms with van der Waals surface area (Å²) in [6.07, 6.45) is 12.8. The van der Waals surface area contributed by atoms with Crippen LogP contribution in [0.5, 0.6) is 5.88 Å². The van der Waals surface area contributed by atoms with Crippen molar-refractivity contribution < 1.29 is 18.8 Å². The van der Waals surface area contributed by atoms with Crippen LogP contribution in [0.15, 0.2) is 9.42 Å². The molecule has 196 valence electrons. The Bertz CT molecular complexity index is 868. The van der Waals surface area contributed by atoms with E-state index in [1.54, 1.807) is 18.8 Å². The van der Waals surface area contributed by atoms with Gasteiger partial charge in [0.15, 0.2) is 0 Å². The van der Waals surface area contributed by atoms with Gasteiger partial charge in [0.25, 0.3) is 11.8 Å². The molecule has 1 aromatic rings. The van der Waals surface area contributed by atoms with Crippen LogP contribution in [0.2, 0.25) is 0 Å². The van der Waals surface area contributed by atoms with Crippen molar-refractivity contribution >= 4 is 23.6 Å². The normalized spacial score (nSPS) is 25.8. The van der Waals surface area contributed by atoms with Crippen LogP contribution in [0, 0.1) is 29.1 Å². The van der Waals surface area contributed by atoms with Gasteiger partial charge in [0.2, 0.25) is 11.7 Å². The van der Waals surface area contributed by atoms with E-state index in [1.807, 2.05) is 13.8 Å². The summed E-state index contributed by atoms with van der Waals surface area (Å²) in [7, 11) is 1.62. The predicted octanol–water partition coefficient (Wildman–Crippen LogP) is 5.44. The van der Waals surface area contributed by atoms with Gasteiger partial charge in [-0.2, -0.15) is 0 Å². The molecule has 3 aliphatic rings. The number of hydrogen-bond acceptors (Lipinski definition) is 6. The Hall–Kier alpha value is -1.70. The number of nitrogens with one attached hydrogen (secondary N) is 2. The third-order valence-electron chi connectivity index (χ3n) is 8.41. The third-order valence-corrected chi connectivity index (χ3v) is 9.69. The standard InChI is InChI=1S/C27H43N3O4S/c1-17(21-13-19-10-7-11-20(12-19)14-21)29-24(31)22-23(35-15-18-8-5-6-9-18)25(30-34-22)33-16-27(2,3)26(32)28-4/h17-21H,5-16H2,1-4H3,(H,28,32)(H,29,31). The van der Waals surface area contributed by atoms with E-state index in [2.05, 4.69) is 22.7 Å². The first-order chi connectivity index (χ1) is 16.8. The number of ether oxygens (including phenoxy) is 1. The first-order valence-electron chi connectivity index (χ1n) is 13.5. The van der Waals surface area contributed by atoms with Gasteiger partial charge in [-0.25, -0.2) is 0 Å². The van der Waals surface area contributed by atoms with Crippen LogP contribution in [-0.4, -0.2) is 42.4 Å². The lowest BCUT2D eigenvalue weighted by atomic mass is 9.66. The van der Waals surface area contributed by atoms with Gasteiger partial charge in [0, 0.05) is 18.8 Å². The molecule has 0 radical (unpaired) electrons. The van der Waals surface area contributed by atoms with E-state index < -0.39 is 5.41 Å². The average molecular weight is 506 g/mol. The summed E-state index contributed by atoms with van der Waals surface area (Å²) in [5, 5.41) is 10.0. The fourth-order valence-electron chi connectivity index (χ4n) is 6.24. The second-order valence-electron chi connectivity index (χ2n) is 11.8. The highest BCUT2D eigenvalue weighted by Gasteiger charge is 2.36. The molecule has 3 aliphatic carbocycles. The molecule has 3 fully saturated rings. The number of carbonyl (C=O) groups excluding carboxylic acids is 2. The van der Waals surface area contributed by atoms with Crippen LogP contribution in [0.1, 0.15) is 95.5 Å². The van der Waals surface area contributed by atoms with Gasteiger partial charge in [-0.3, -0.25) is 9.59 Å². The van der Waals surface area contributed by atoms with Crippen LogP contribution < -0.4 is 15.4 Å². The van der Waals surface area contributed by atoms with Crippen LogP contribution in [0.3, 0.4) is 0 Å². The number of thioether (sulfide) groups is 1. The molecule has 2 bridgehead atoms. The highest BCUT2D eigenvalue weighted by atomic mass is 32.2. The lowest BCUT2D eigenvalue weighted by molar-refractivity contribution is -0.130. The maximum atomic E-state index is 13.4. The molecule has 1 aromatic heterocycles. The van der Waals surface area contributed by atoms with Gasteiger partial charge < -0.3 is 19.9 Å². The first kappa shape index (κ1) is 26.4. The predicted molar refractivity (Wildman–Crippen MR) is 138 cm³/mol. The molecule has 8 heteroatoms. The van der Waals surface area contributed by atoms with Gasteiger partial charge >= 0.3 is 0 Å². The zero-order valence-corrected chi connectivity index (χ0v) is 22.7. The Kier molecular flexibility index (Phi) is 8.71. The fourth-order valence-corrected chi connectivity index (χ4v) is 7.46. The molecule has 3 saturated carbocycles. The van der Waals surface area contributed by atoms with Gasteiger partial charge in [-0.15, -0.1) is 11.8 Å². The SMILES string of the molecule is CNC(=O)C(C)(C)COc1noc(C(=O)NC(C)C2CC3CCCC(C3)C2)c1SCC1CCCC1. The average Bonchev–Trinajstić information content (AvgIpc) is 3.50. The van der Waals surface area contributed by atoms with E-state index in [4.69, 9.17) is 9.26 Å². The molecule has 0 aromatic carbocycles. The minimum absolute atomic E-state index is 0.0974. The van der Waals surface area contributed by atoms with Crippen molar-refractivity contribution in [2.45, 2.75) is 95.9 Å². The maximum Gasteiger partial charge on any atom is 0.291 e. The van der Waals surface area contributed by atoms with E-state index in [1.165, 1.54) is 64.2 Å². The quantitative estimate of drug-likeness (QED) is 0.411. The molecular formula is C27H43N3O4S. The van der Waals surface area contributed by atoms with Crippen LogP contribution in [0.4, 0.5) is 0 Å². The molecule has 0 aliphatic heterocycles. The Morgan fingerprint density at radius 3 is 2.46 bits per heavy atom. The minimum atomic E-state index is -0.725. The lowest BCUT2D eigenvalue weighted by Crippen LogP contribution is -2.42. The molecule has 2 N–H and O–H groups in total. The Balaban J connectivity index is 1.44. The van der Waals surface area contributed by atoms with E-state index in [0.29, 0.717) is 22.6 Å². The number of aromatic nitrogens is 1. The van der Waals surface area contributed by atoms with Crippen LogP contribution in [-0.2, 0) is 4.79 Å². The van der Waals surface area contributed by atoms with E-state index in [0.717, 1.165) is 17.6 Å². The van der Waals surface area contributed by atoms with Crippen molar-refractivity contribution in [1.29, 1.82) is 0 Å². The van der Waals surface area contributed by atoms with E-state index in [-0.39, 0.29) is 30.2 Å². The van der Waals surface area contributed by atoms with E-state index >= 15 is 0 Å². The zero-order chi connectivity index (χ0) is 25.0. The molecule has 35 heavy (non-hydrogen) atoms. The van der Waals surface area contributed by atoms with E-state index in [9.17, 15) is 9.59 Å². The highest BCUT2D eigenvalue weighted by molar-refractivity contribution is 7.99. The number of rotatable bonds is 10. The van der Waals surface area contributed by atoms with Crippen molar-refractivity contribution in [3.05, 3.63) is 5.76 Å². The monoisotopic (exact) mass is 505 g/mol. The lowest BCUT2D eigenvalue weighted by Gasteiger charge is -2.41. The second kappa shape index (κ2) is 11.6. The Morgan fingerprint density at radius 2 is 1.80 bits per heavy atom. The van der Waals surface area contributed by atoms with Crippen molar-refractivity contribution in [3.8, 4) is 5.88 Å². The largest absolute Gasteiger partial charge is 0.474 e. The first-order valence-corrected chi connectivity index (χ1v) is 14.5. The van der Waals surface area contributed by atoms with Crippen molar-refractivity contribution in [2.24, 2.45) is 29.1 Å². The van der Waals surface area contributed by atoms with Crippen molar-refractivity contribution in [2.75, 3.05) is 19.4 Å². The van der Waals surface area contributed by atoms with Gasteiger partial charge in [0.05, 0.1) is 5.41 Å². The summed E-state index contributed by atoms with van der Waals surface area (Å²) >= 11 is 1.60. The summed E-state index contributed by atoms with van der Waals surface area (Å²) in [4.78, 5) is 26.2. The summed E-state index contributed by atoms with van der Waals surface area (Å²) in [5.41, 5.74) is -0.725. The smallest absolute Gasteiger partial charge is 0.291 e. The molecule has 4 rings (SSSR count). The summed E-state index contributed by atoms with van der Waals surface area (Å²) in [6, 6.07) is 0.0974. The summed E-state index contributed by atoms with van der Waals surface area (Å²) in [5.74, 6) is 3.94. The van der Waals surface area contributed by atoms with Crippen LogP contribution >= 0.6 is 11.8 Å². The number of nitrogens with zero attached hydrogens (tertiary/aromatic N) is 1. The molecule has 3 unspecified atom stereocenters. The molecule has 2 amide bonds. The molecular weight excluding hydrogens is 462 g/mol. The van der Waals surface area contributed by atoms with Gasteiger partial charge in [-0.05, 0) is 81.7 Å². The summed E-state index contributed by atoms with van der Waals surface area (Å²) < 4.78 is 11.6. The number of fused-ring (bicyclic) bond motifs is 2. The molecule has 3 atom stereocenters. The van der Waals surface area contributed by atoms with Gasteiger partial charge in [-0.1, -0.05) is 32.1 Å². The number of hydrogen-bond donors (Lipinski definition) is 2. The van der Waals surface area contributed by atoms with Crippen molar-refractivity contribution in [1.82, 2.24) is 15.8 Å². The minimum Gasteiger partial charge on any atom is -0.474 e. The highest BCUT2D eigenvalue weighted by Crippen LogP contribution is 2.44. The van der Waals surface area contributed by atoms with Gasteiger partial charge in [0.1, 0.15) is 11.5 Å².